The average molecular weight is 1100 g/mol. The number of methoxy groups -OCH3 is 2. The molecule has 0 saturated carbocycles. The first-order chi connectivity index (χ1) is 37.8. The van der Waals surface area contributed by atoms with Crippen molar-refractivity contribution in [2.24, 2.45) is 0 Å². The molecule has 2 aliphatic heterocycles. The van der Waals surface area contributed by atoms with Crippen molar-refractivity contribution in [1.82, 2.24) is 9.80 Å². The molecule has 0 aromatic heterocycles. The van der Waals surface area contributed by atoms with Gasteiger partial charge in [-0.1, -0.05) is 84.2 Å². The minimum Gasteiger partial charge on any atom is -0.497 e. The van der Waals surface area contributed by atoms with E-state index >= 15 is 9.59 Å². The Kier molecular flexibility index (Phi) is 19.5. The second-order valence-electron chi connectivity index (χ2n) is 18.6. The van der Waals surface area contributed by atoms with Crippen LogP contribution in [0.1, 0.15) is 36.8 Å². The second kappa shape index (κ2) is 26.8. The molecule has 2 unspecified atom stereocenters. The standard InChI is InChI=1S/C60H66N4O12S2/c1-61(35-39-71-43-21-9-7-10-22-43)33-17-19-37-73-51-31-29-45(69-5)41-47(51)59(57(67)63(3)49-25-13-15-27-53(49)77-59)75-55(65)56(66)76-60(58(68)64(4)50-26-14-16-28-54(50)78-60)48-42-46(70-6)30-32-52(48)74-38-20-18-34-62(2)36-40-72-44-23-11-8-12-24-44/h7-16,21-32,41-42H,17-20,33-40H2,1-6H3. The molecule has 0 spiro atoms. The molecule has 0 saturated heterocycles. The molecule has 0 radical (unpaired) electrons. The number of carbonyl (C=O) groups is 4. The monoisotopic (exact) mass is 1100 g/mol. The molecule has 0 aliphatic carbocycles. The summed E-state index contributed by atoms with van der Waals surface area (Å²) >= 11 is 1.88. The molecular formula is C60H66N4O12S2. The van der Waals surface area contributed by atoms with Crippen LogP contribution in [0.3, 0.4) is 0 Å². The third-order valence-corrected chi connectivity index (χ3v) is 15.9. The van der Waals surface area contributed by atoms with Gasteiger partial charge in [-0.3, -0.25) is 9.59 Å². The number of fused-ring (bicyclic) bond motifs is 2. The minimum absolute atomic E-state index is 0.121. The van der Waals surface area contributed by atoms with Crippen molar-refractivity contribution in [3.8, 4) is 34.5 Å². The van der Waals surface area contributed by atoms with E-state index in [0.29, 0.717) is 58.7 Å². The first-order valence-corrected chi connectivity index (χ1v) is 27.4. The summed E-state index contributed by atoms with van der Waals surface area (Å²) in [5, 5.41) is 0. The average Bonchev–Trinajstić information content (AvgIpc) is 3.65. The molecule has 16 nitrogen and oxygen atoms in total. The maximum Gasteiger partial charge on any atom is 0.419 e. The zero-order chi connectivity index (χ0) is 55.1. The number of thioether (sulfide) groups is 2. The van der Waals surface area contributed by atoms with E-state index in [1.54, 1.807) is 99.0 Å². The van der Waals surface area contributed by atoms with Crippen LogP contribution in [0.5, 0.6) is 34.5 Å². The first-order valence-electron chi connectivity index (χ1n) is 25.8. The number of unbranched alkanes of at least 4 members (excludes halogenated alkanes) is 2. The molecule has 2 heterocycles. The normalized spacial score (nSPS) is 16.8. The highest BCUT2D eigenvalue weighted by molar-refractivity contribution is 8.01. The lowest BCUT2D eigenvalue weighted by atomic mass is 10.0. The van der Waals surface area contributed by atoms with Crippen LogP contribution in [0.2, 0.25) is 0 Å². The Morgan fingerprint density at radius 1 is 0.462 bits per heavy atom. The topological polar surface area (TPSA) is 155 Å². The number of carbonyl (C=O) groups excluding carboxylic acids is 4. The van der Waals surface area contributed by atoms with E-state index in [2.05, 4.69) is 9.80 Å². The summed E-state index contributed by atoms with van der Waals surface area (Å²) in [7, 11) is 10.1. The number of benzene rings is 6. The van der Waals surface area contributed by atoms with E-state index in [1.165, 1.54) is 24.0 Å². The van der Waals surface area contributed by atoms with Crippen molar-refractivity contribution in [3.05, 3.63) is 157 Å². The van der Waals surface area contributed by atoms with Crippen molar-refractivity contribution in [2.45, 2.75) is 45.3 Å². The molecule has 2 atom stereocenters. The lowest BCUT2D eigenvalue weighted by Crippen LogP contribution is -2.52. The van der Waals surface area contributed by atoms with Gasteiger partial charge in [0.25, 0.3) is 21.7 Å². The van der Waals surface area contributed by atoms with Crippen molar-refractivity contribution in [2.75, 3.05) is 105 Å². The summed E-state index contributed by atoms with van der Waals surface area (Å²) in [4.78, 5) is 63.7. The molecule has 0 fully saturated rings. The number of amides is 2. The smallest absolute Gasteiger partial charge is 0.419 e. The number of ether oxygens (including phenoxy) is 8. The summed E-state index contributed by atoms with van der Waals surface area (Å²) < 4.78 is 48.6. The molecule has 2 aliphatic rings. The van der Waals surface area contributed by atoms with Crippen LogP contribution in [0.25, 0.3) is 0 Å². The lowest BCUT2D eigenvalue weighted by Gasteiger charge is -2.41. The van der Waals surface area contributed by atoms with Crippen LogP contribution in [0.15, 0.2) is 155 Å². The van der Waals surface area contributed by atoms with E-state index in [-0.39, 0.29) is 35.8 Å². The fourth-order valence-corrected chi connectivity index (χ4v) is 11.6. The molecule has 6 aromatic carbocycles. The van der Waals surface area contributed by atoms with Gasteiger partial charge in [0.2, 0.25) is 0 Å². The van der Waals surface area contributed by atoms with Gasteiger partial charge < -0.3 is 57.5 Å². The fraction of sp³-hybridized carbons (Fsp3) is 0.333. The number of anilines is 2. The number of nitrogens with zero attached hydrogens (tertiary/aromatic N) is 4. The van der Waals surface area contributed by atoms with Gasteiger partial charge in [0.15, 0.2) is 0 Å². The van der Waals surface area contributed by atoms with Crippen LogP contribution in [-0.4, -0.2) is 129 Å². The fourth-order valence-electron chi connectivity index (χ4n) is 8.89. The Bertz CT molecular complexity index is 2810. The summed E-state index contributed by atoms with van der Waals surface area (Å²) in [6.07, 6.45) is 2.85. The number of rotatable bonds is 26. The highest BCUT2D eigenvalue weighted by atomic mass is 32.2. The third-order valence-electron chi connectivity index (χ3n) is 13.2. The van der Waals surface area contributed by atoms with Gasteiger partial charge in [-0.25, -0.2) is 9.59 Å². The van der Waals surface area contributed by atoms with Crippen LogP contribution in [0.4, 0.5) is 11.4 Å². The van der Waals surface area contributed by atoms with Crippen LogP contribution in [-0.2, 0) is 38.5 Å². The van der Waals surface area contributed by atoms with Gasteiger partial charge in [0.1, 0.15) is 47.7 Å². The largest absolute Gasteiger partial charge is 0.497 e. The Hall–Kier alpha value is -7.38. The number of likely N-dealkylation sites (N-methyl/N-ethyl adjacent to an activating group) is 4. The summed E-state index contributed by atoms with van der Waals surface area (Å²) in [5.41, 5.74) is 1.36. The maximum absolute atomic E-state index is 15.1. The third kappa shape index (κ3) is 13.5. The van der Waals surface area contributed by atoms with Gasteiger partial charge >= 0.3 is 11.9 Å². The van der Waals surface area contributed by atoms with Crippen LogP contribution < -0.4 is 38.2 Å². The Labute approximate surface area is 464 Å². The summed E-state index contributed by atoms with van der Waals surface area (Å²) in [5.74, 6) is -1.72. The van der Waals surface area contributed by atoms with Gasteiger partial charge in [0, 0.05) is 37.0 Å². The van der Waals surface area contributed by atoms with E-state index in [9.17, 15) is 9.59 Å². The predicted molar refractivity (Wildman–Crippen MR) is 301 cm³/mol. The minimum atomic E-state index is -2.27. The Balaban J connectivity index is 1.04. The molecule has 8 rings (SSSR count). The molecule has 0 N–H and O–H groups in total. The van der Waals surface area contributed by atoms with E-state index in [0.717, 1.165) is 74.0 Å². The molecule has 2 amide bonds. The van der Waals surface area contributed by atoms with Crippen LogP contribution in [0, 0.1) is 0 Å². The van der Waals surface area contributed by atoms with Crippen molar-refractivity contribution >= 4 is 58.7 Å². The van der Waals surface area contributed by atoms with Crippen molar-refractivity contribution in [1.29, 1.82) is 0 Å². The highest BCUT2D eigenvalue weighted by Gasteiger charge is 2.57. The first kappa shape index (κ1) is 56.8. The van der Waals surface area contributed by atoms with Gasteiger partial charge in [0.05, 0.1) is 49.9 Å². The van der Waals surface area contributed by atoms with E-state index in [1.807, 2.05) is 74.8 Å². The van der Waals surface area contributed by atoms with Crippen molar-refractivity contribution < 1.29 is 57.1 Å². The maximum atomic E-state index is 15.1. The predicted octanol–water partition coefficient (Wildman–Crippen LogP) is 9.67. The SMILES string of the molecule is COc1ccc(OCCCCN(C)CCOc2ccccc2)c(C2(OC(=O)C(=O)OC3(c4cc(OC)ccc4OCCCCN(C)CCOc4ccccc4)Sc4ccccc4N(C)C3=O)Sc3ccccc3N(C)C2=O)c1. The van der Waals surface area contributed by atoms with Crippen LogP contribution >= 0.6 is 23.5 Å². The highest BCUT2D eigenvalue weighted by Crippen LogP contribution is 2.56. The summed E-state index contributed by atoms with van der Waals surface area (Å²) in [6.45, 7) is 4.55. The van der Waals surface area contributed by atoms with Crippen molar-refractivity contribution in [3.63, 3.8) is 0 Å². The number of esters is 2. The Morgan fingerprint density at radius 3 is 1.24 bits per heavy atom. The molecular weight excluding hydrogens is 1030 g/mol. The molecule has 410 valence electrons. The summed E-state index contributed by atoms with van der Waals surface area (Å²) in [6, 6.07) is 43.4. The zero-order valence-corrected chi connectivity index (χ0v) is 46.5. The number of hydrogen-bond acceptors (Lipinski definition) is 16. The van der Waals surface area contributed by atoms with Gasteiger partial charge in [-0.2, -0.15) is 0 Å². The second-order valence-corrected chi connectivity index (χ2v) is 21.1. The van der Waals surface area contributed by atoms with E-state index < -0.39 is 33.6 Å². The zero-order valence-electron chi connectivity index (χ0n) is 44.8. The van der Waals surface area contributed by atoms with Gasteiger partial charge in [-0.15, -0.1) is 0 Å². The molecule has 78 heavy (non-hydrogen) atoms. The molecule has 6 aromatic rings. The number of hydrogen-bond donors (Lipinski definition) is 0. The Morgan fingerprint density at radius 2 is 0.846 bits per heavy atom. The quantitative estimate of drug-likeness (QED) is 0.0287. The molecule has 18 heteroatoms. The lowest BCUT2D eigenvalue weighted by molar-refractivity contribution is -0.180. The number of para-hydroxylation sites is 4. The molecule has 0 bridgehead atoms. The van der Waals surface area contributed by atoms with E-state index in [4.69, 9.17) is 37.9 Å². The van der Waals surface area contributed by atoms with Gasteiger partial charge in [-0.05, 0) is 138 Å².